The van der Waals surface area contributed by atoms with E-state index in [9.17, 15) is 5.11 Å². The molecule has 15 heavy (non-hydrogen) atoms. The zero-order valence-electron chi connectivity index (χ0n) is 7.98. The number of nitrogens with two attached hydrogens (primary N) is 1. The molecule has 0 amide bonds. The van der Waals surface area contributed by atoms with E-state index in [2.05, 4.69) is 15.1 Å². The zero-order valence-corrected chi connectivity index (χ0v) is 7.98. The molecule has 3 rings (SSSR count). The van der Waals surface area contributed by atoms with Crippen molar-refractivity contribution < 1.29 is 9.81 Å². The van der Waals surface area contributed by atoms with Crippen LogP contribution in [-0.2, 0) is 0 Å². The zero-order chi connectivity index (χ0) is 10.5. The van der Waals surface area contributed by atoms with Crippen LogP contribution in [0.25, 0.3) is 0 Å². The highest BCUT2D eigenvalue weighted by atomic mass is 16.3. The van der Waals surface area contributed by atoms with Gasteiger partial charge in [-0.25, -0.2) is 0 Å². The van der Waals surface area contributed by atoms with Gasteiger partial charge in [-0.3, -0.25) is 4.99 Å². The Morgan fingerprint density at radius 3 is 3.07 bits per heavy atom. The lowest BCUT2D eigenvalue weighted by atomic mass is 10.2. The summed E-state index contributed by atoms with van der Waals surface area (Å²) >= 11 is 0. The first-order chi connectivity index (χ1) is 7.21. The maximum atomic E-state index is 9.30. The monoisotopic (exact) mass is 207 g/mol. The lowest BCUT2D eigenvalue weighted by Gasteiger charge is -2.42. The molecule has 0 radical (unpaired) electrons. The number of fused-ring (bicyclic) bond motifs is 1. The van der Waals surface area contributed by atoms with E-state index < -0.39 is 0 Å². The van der Waals surface area contributed by atoms with Gasteiger partial charge >= 0.3 is 5.84 Å². The molecule has 1 fully saturated rings. The van der Waals surface area contributed by atoms with Crippen LogP contribution in [0.1, 0.15) is 0 Å². The van der Waals surface area contributed by atoms with Gasteiger partial charge in [-0.05, 0) is 9.80 Å². The summed E-state index contributed by atoms with van der Waals surface area (Å²) < 4.78 is 0.117. The van der Waals surface area contributed by atoms with E-state index >= 15 is 0 Å². The third-order valence-electron chi connectivity index (χ3n) is 2.65. The molecular formula is C8H11N6O+. The van der Waals surface area contributed by atoms with Crippen LogP contribution in [-0.4, -0.2) is 52.0 Å². The van der Waals surface area contributed by atoms with E-state index in [0.717, 1.165) is 0 Å². The van der Waals surface area contributed by atoms with Crippen LogP contribution in [0.2, 0.25) is 0 Å². The van der Waals surface area contributed by atoms with Gasteiger partial charge in [0.1, 0.15) is 6.21 Å². The largest absolute Gasteiger partial charge is 0.390 e. The summed E-state index contributed by atoms with van der Waals surface area (Å²) in [5.41, 5.74) is 5.59. The Bertz CT molecular complexity index is 419. The number of guanidine groups is 1. The molecular weight excluding hydrogens is 196 g/mol. The second kappa shape index (κ2) is 2.72. The Hall–Kier alpha value is -1.57. The maximum absolute atomic E-state index is 9.30. The highest BCUT2D eigenvalue weighted by molar-refractivity contribution is 6.29. The fourth-order valence-corrected chi connectivity index (χ4v) is 1.87. The number of rotatable bonds is 1. The van der Waals surface area contributed by atoms with E-state index in [1.165, 1.54) is 0 Å². The third kappa shape index (κ3) is 1.08. The number of β-amino-alcohol motifs (C(OH)–C–C–N with tert-alkyl or cyclic N) is 1. The van der Waals surface area contributed by atoms with Gasteiger partial charge in [-0.2, -0.15) is 0 Å². The van der Waals surface area contributed by atoms with Gasteiger partial charge in [-0.1, -0.05) is 0 Å². The van der Waals surface area contributed by atoms with Crippen molar-refractivity contribution in [3.05, 3.63) is 12.4 Å². The quantitative estimate of drug-likeness (QED) is 0.518. The Morgan fingerprint density at radius 1 is 1.53 bits per heavy atom. The molecule has 0 aromatic heterocycles. The topological polar surface area (TPSA) is 86.6 Å². The average Bonchev–Trinajstić information content (AvgIpc) is 2.49. The Morgan fingerprint density at radius 2 is 2.33 bits per heavy atom. The molecule has 3 aliphatic heterocycles. The average molecular weight is 207 g/mol. The van der Waals surface area contributed by atoms with Gasteiger partial charge in [0.05, 0.1) is 25.4 Å². The molecule has 1 atom stereocenters. The minimum Gasteiger partial charge on any atom is -0.390 e. The predicted octanol–water partition coefficient (Wildman–Crippen LogP) is -1.41. The van der Waals surface area contributed by atoms with Crippen molar-refractivity contribution in [1.29, 1.82) is 0 Å². The van der Waals surface area contributed by atoms with E-state index in [0.29, 0.717) is 18.9 Å². The normalized spacial score (nSPS) is 34.7. The van der Waals surface area contributed by atoms with Crippen molar-refractivity contribution in [3.63, 3.8) is 0 Å². The van der Waals surface area contributed by atoms with Crippen molar-refractivity contribution in [1.82, 2.24) is 5.01 Å². The summed E-state index contributed by atoms with van der Waals surface area (Å²) in [7, 11) is 0. The molecule has 0 bridgehead atoms. The van der Waals surface area contributed by atoms with E-state index in [4.69, 9.17) is 5.73 Å². The van der Waals surface area contributed by atoms with E-state index in [1.807, 2.05) is 5.01 Å². The van der Waals surface area contributed by atoms with Crippen LogP contribution in [0.5, 0.6) is 0 Å². The molecule has 7 nitrogen and oxygen atoms in total. The summed E-state index contributed by atoms with van der Waals surface area (Å²) in [6, 6.07) is 0. The summed E-state index contributed by atoms with van der Waals surface area (Å²) in [4.78, 5) is 8.09. The predicted molar refractivity (Wildman–Crippen MR) is 54.5 cm³/mol. The van der Waals surface area contributed by atoms with Crippen LogP contribution in [0.3, 0.4) is 0 Å². The number of aliphatic imine (C=N–C) groups is 2. The molecule has 0 aromatic rings. The molecule has 3 aliphatic rings. The molecule has 0 saturated carbocycles. The van der Waals surface area contributed by atoms with Crippen LogP contribution >= 0.6 is 0 Å². The number of aliphatic hydroxyl groups excluding tert-OH is 1. The van der Waals surface area contributed by atoms with Crippen LogP contribution in [0.4, 0.5) is 0 Å². The molecule has 1 saturated heterocycles. The summed E-state index contributed by atoms with van der Waals surface area (Å²) in [5, 5.41) is 15.5. The van der Waals surface area contributed by atoms with Gasteiger partial charge in [0.15, 0.2) is 6.20 Å². The van der Waals surface area contributed by atoms with Crippen molar-refractivity contribution in [3.8, 4) is 0 Å². The SMILES string of the molecule is NC1=N[N+]2(N3CC(O)C3)C=CN=CC2=N1. The molecule has 78 valence electrons. The Kier molecular flexibility index (Phi) is 1.58. The molecule has 0 aromatic carbocycles. The Labute approximate surface area is 86.1 Å². The van der Waals surface area contributed by atoms with Crippen molar-refractivity contribution in [2.45, 2.75) is 6.10 Å². The summed E-state index contributed by atoms with van der Waals surface area (Å²) in [6.45, 7) is 1.13. The first-order valence-electron chi connectivity index (χ1n) is 4.69. The smallest absolute Gasteiger partial charge is 0.301 e. The highest BCUT2D eigenvalue weighted by Gasteiger charge is 2.51. The van der Waals surface area contributed by atoms with Crippen LogP contribution in [0.15, 0.2) is 27.5 Å². The lowest BCUT2D eigenvalue weighted by molar-refractivity contribution is -0.927. The molecule has 1 unspecified atom stereocenters. The fraction of sp³-hybridized carbons (Fsp3) is 0.375. The van der Waals surface area contributed by atoms with E-state index in [-0.39, 0.29) is 16.8 Å². The third-order valence-corrected chi connectivity index (χ3v) is 2.65. The standard InChI is InChI=1S/C8H11N6O/c9-8-11-7-3-10-1-2-14(7,12-8)13-4-6(15)5-13/h1-3,6,15H,4-5H2,(H2,9,12)/q+1. The van der Waals surface area contributed by atoms with Crippen LogP contribution < -0.4 is 5.73 Å². The van der Waals surface area contributed by atoms with Gasteiger partial charge in [-0.15, -0.1) is 10.0 Å². The van der Waals surface area contributed by atoms with Crippen molar-refractivity contribution >= 4 is 18.0 Å². The molecule has 3 N–H and O–H groups in total. The first-order valence-corrected chi connectivity index (χ1v) is 4.69. The van der Waals surface area contributed by atoms with Gasteiger partial charge in [0.25, 0.3) is 5.96 Å². The van der Waals surface area contributed by atoms with Gasteiger partial charge in [0.2, 0.25) is 0 Å². The summed E-state index contributed by atoms with van der Waals surface area (Å²) in [5.74, 6) is 0.909. The van der Waals surface area contributed by atoms with Crippen molar-refractivity contribution in [2.75, 3.05) is 13.1 Å². The molecule has 3 heterocycles. The number of hydrogen-bond acceptors (Lipinski definition) is 6. The molecule has 0 spiro atoms. The number of nitrogens with zero attached hydrogens (tertiary/aromatic N) is 5. The lowest BCUT2D eigenvalue weighted by Crippen LogP contribution is -2.67. The number of quaternary nitrogens is 1. The van der Waals surface area contributed by atoms with Gasteiger partial charge in [0, 0.05) is 0 Å². The second-order valence-corrected chi connectivity index (χ2v) is 3.68. The van der Waals surface area contributed by atoms with E-state index in [1.54, 1.807) is 18.6 Å². The second-order valence-electron chi connectivity index (χ2n) is 3.68. The number of amidine groups is 1. The number of aliphatic hydroxyl groups is 1. The minimum atomic E-state index is -0.289. The molecule has 7 heteroatoms. The summed E-state index contributed by atoms with van der Waals surface area (Å²) in [6.07, 6.45) is 4.80. The number of hydrogen-bond donors (Lipinski definition) is 2. The maximum Gasteiger partial charge on any atom is 0.301 e. The van der Waals surface area contributed by atoms with Crippen LogP contribution in [0, 0.1) is 0 Å². The van der Waals surface area contributed by atoms with Gasteiger partial charge < -0.3 is 10.8 Å². The fourth-order valence-electron chi connectivity index (χ4n) is 1.87. The van der Waals surface area contributed by atoms with Crippen molar-refractivity contribution in [2.24, 2.45) is 20.8 Å². The molecule has 0 aliphatic carbocycles. The minimum absolute atomic E-state index is 0.117. The highest BCUT2D eigenvalue weighted by Crippen LogP contribution is 2.27. The first kappa shape index (κ1) is 8.72. The Balaban J connectivity index is 1.99.